The predicted molar refractivity (Wildman–Crippen MR) is 68.6 cm³/mol. The standard InChI is InChI=1S/C12H24N2O4/c1-3-6-10(11(15)16)14-12(17)13-7-5-9-18-8-4-2/h10H,3-9H2,1-2H3,(H,15,16)(H2,13,14,17)/t10-/m1/s1. The third kappa shape index (κ3) is 8.81. The van der Waals surface area contributed by atoms with Gasteiger partial charge in [0.25, 0.3) is 0 Å². The smallest absolute Gasteiger partial charge is 0.326 e. The molecule has 0 spiro atoms. The van der Waals surface area contributed by atoms with Crippen molar-refractivity contribution in [3.05, 3.63) is 0 Å². The van der Waals surface area contributed by atoms with Crippen molar-refractivity contribution in [1.29, 1.82) is 0 Å². The summed E-state index contributed by atoms with van der Waals surface area (Å²) in [5.74, 6) is -1.00. The van der Waals surface area contributed by atoms with E-state index in [1.807, 2.05) is 13.8 Å². The molecule has 0 rings (SSSR count). The zero-order chi connectivity index (χ0) is 13.8. The van der Waals surface area contributed by atoms with Crippen LogP contribution in [0.15, 0.2) is 0 Å². The van der Waals surface area contributed by atoms with Gasteiger partial charge in [-0.05, 0) is 19.3 Å². The molecule has 6 heteroatoms. The summed E-state index contributed by atoms with van der Waals surface area (Å²) in [5.41, 5.74) is 0. The summed E-state index contributed by atoms with van der Waals surface area (Å²) in [6.45, 7) is 5.72. The second-order valence-corrected chi connectivity index (χ2v) is 4.05. The summed E-state index contributed by atoms with van der Waals surface area (Å²) in [6.07, 6.45) is 2.84. The first-order chi connectivity index (χ1) is 8.61. The van der Waals surface area contributed by atoms with Crippen molar-refractivity contribution >= 4 is 12.0 Å². The Kier molecular flexibility index (Phi) is 10.0. The quantitative estimate of drug-likeness (QED) is 0.517. The fourth-order valence-electron chi connectivity index (χ4n) is 1.38. The van der Waals surface area contributed by atoms with Crippen LogP contribution >= 0.6 is 0 Å². The van der Waals surface area contributed by atoms with Crippen molar-refractivity contribution in [2.75, 3.05) is 19.8 Å². The second kappa shape index (κ2) is 10.8. The van der Waals surface area contributed by atoms with Crippen LogP contribution < -0.4 is 10.6 Å². The van der Waals surface area contributed by atoms with Gasteiger partial charge in [0.15, 0.2) is 0 Å². The molecule has 0 unspecified atom stereocenters. The van der Waals surface area contributed by atoms with Gasteiger partial charge >= 0.3 is 12.0 Å². The normalized spacial score (nSPS) is 11.9. The average molecular weight is 260 g/mol. The van der Waals surface area contributed by atoms with E-state index in [1.54, 1.807) is 0 Å². The summed E-state index contributed by atoms with van der Waals surface area (Å²) in [5, 5.41) is 13.9. The molecular formula is C12H24N2O4. The maximum Gasteiger partial charge on any atom is 0.326 e. The van der Waals surface area contributed by atoms with Crippen LogP contribution in [0.25, 0.3) is 0 Å². The number of aliphatic carboxylic acids is 1. The van der Waals surface area contributed by atoms with E-state index in [0.29, 0.717) is 26.0 Å². The minimum atomic E-state index is -1.00. The highest BCUT2D eigenvalue weighted by molar-refractivity contribution is 5.82. The van der Waals surface area contributed by atoms with E-state index >= 15 is 0 Å². The number of carbonyl (C=O) groups is 2. The highest BCUT2D eigenvalue weighted by Gasteiger charge is 2.18. The van der Waals surface area contributed by atoms with Crippen LogP contribution in [0.2, 0.25) is 0 Å². The molecule has 18 heavy (non-hydrogen) atoms. The fourth-order valence-corrected chi connectivity index (χ4v) is 1.38. The number of hydrogen-bond donors (Lipinski definition) is 3. The Hall–Kier alpha value is -1.30. The van der Waals surface area contributed by atoms with Crippen LogP contribution in [-0.2, 0) is 9.53 Å². The fraction of sp³-hybridized carbons (Fsp3) is 0.833. The molecule has 0 radical (unpaired) electrons. The Balaban J connectivity index is 3.65. The number of carbonyl (C=O) groups excluding carboxylic acids is 1. The largest absolute Gasteiger partial charge is 0.480 e. The highest BCUT2D eigenvalue weighted by atomic mass is 16.5. The second-order valence-electron chi connectivity index (χ2n) is 4.05. The first kappa shape index (κ1) is 16.7. The first-order valence-corrected chi connectivity index (χ1v) is 6.46. The number of urea groups is 1. The molecule has 0 aliphatic carbocycles. The molecule has 0 saturated carbocycles. The minimum absolute atomic E-state index is 0.433. The summed E-state index contributed by atoms with van der Waals surface area (Å²) in [4.78, 5) is 22.2. The van der Waals surface area contributed by atoms with Gasteiger partial charge in [-0.3, -0.25) is 0 Å². The van der Waals surface area contributed by atoms with Crippen molar-refractivity contribution in [2.24, 2.45) is 0 Å². The van der Waals surface area contributed by atoms with E-state index in [1.165, 1.54) is 0 Å². The molecule has 106 valence electrons. The predicted octanol–water partition coefficient (Wildman–Crippen LogP) is 1.36. The zero-order valence-corrected chi connectivity index (χ0v) is 11.2. The molecule has 0 aromatic carbocycles. The van der Waals surface area contributed by atoms with Gasteiger partial charge in [-0.2, -0.15) is 0 Å². The monoisotopic (exact) mass is 260 g/mol. The number of carboxylic acids is 1. The molecule has 2 amide bonds. The van der Waals surface area contributed by atoms with Gasteiger partial charge in [-0.1, -0.05) is 20.3 Å². The van der Waals surface area contributed by atoms with Gasteiger partial charge in [0.1, 0.15) is 6.04 Å². The molecule has 1 atom stereocenters. The number of carboxylic acid groups (broad SMARTS) is 1. The summed E-state index contributed by atoms with van der Waals surface area (Å²) < 4.78 is 5.26. The SMILES string of the molecule is CCCOCCCNC(=O)N[C@H](CCC)C(=O)O. The summed E-state index contributed by atoms with van der Waals surface area (Å²) >= 11 is 0. The number of hydrogen-bond acceptors (Lipinski definition) is 3. The van der Waals surface area contributed by atoms with Crippen LogP contribution in [-0.4, -0.2) is 42.9 Å². The molecule has 0 aliphatic rings. The van der Waals surface area contributed by atoms with Crippen LogP contribution in [0.5, 0.6) is 0 Å². The summed E-state index contributed by atoms with van der Waals surface area (Å²) in [6, 6.07) is -1.25. The van der Waals surface area contributed by atoms with Crippen molar-refractivity contribution in [3.63, 3.8) is 0 Å². The van der Waals surface area contributed by atoms with E-state index in [-0.39, 0.29) is 0 Å². The molecule has 0 aromatic rings. The lowest BCUT2D eigenvalue weighted by atomic mass is 10.2. The molecule has 6 nitrogen and oxygen atoms in total. The van der Waals surface area contributed by atoms with Crippen molar-refractivity contribution in [1.82, 2.24) is 10.6 Å². The Labute approximate surface area is 108 Å². The van der Waals surface area contributed by atoms with Gasteiger partial charge in [0.05, 0.1) is 0 Å². The van der Waals surface area contributed by atoms with Crippen LogP contribution in [0.4, 0.5) is 4.79 Å². The van der Waals surface area contributed by atoms with E-state index in [9.17, 15) is 9.59 Å². The molecule has 0 bridgehead atoms. The van der Waals surface area contributed by atoms with Crippen LogP contribution in [0.3, 0.4) is 0 Å². The Morgan fingerprint density at radius 2 is 1.94 bits per heavy atom. The number of nitrogens with one attached hydrogen (secondary N) is 2. The van der Waals surface area contributed by atoms with Crippen molar-refractivity contribution < 1.29 is 19.4 Å². The molecule has 0 fully saturated rings. The third-order valence-electron chi connectivity index (χ3n) is 2.28. The van der Waals surface area contributed by atoms with Gasteiger partial charge in [0, 0.05) is 19.8 Å². The van der Waals surface area contributed by atoms with Gasteiger partial charge in [0.2, 0.25) is 0 Å². The van der Waals surface area contributed by atoms with Gasteiger partial charge in [-0.15, -0.1) is 0 Å². The maximum absolute atomic E-state index is 11.4. The van der Waals surface area contributed by atoms with Gasteiger partial charge < -0.3 is 20.5 Å². The molecule has 3 N–H and O–H groups in total. The number of amides is 2. The lowest BCUT2D eigenvalue weighted by molar-refractivity contribution is -0.139. The third-order valence-corrected chi connectivity index (χ3v) is 2.28. The lowest BCUT2D eigenvalue weighted by Crippen LogP contribution is -2.46. The van der Waals surface area contributed by atoms with E-state index in [2.05, 4.69) is 10.6 Å². The number of rotatable bonds is 10. The van der Waals surface area contributed by atoms with Crippen LogP contribution in [0, 0.1) is 0 Å². The highest BCUT2D eigenvalue weighted by Crippen LogP contribution is 1.96. The Morgan fingerprint density at radius 3 is 2.50 bits per heavy atom. The molecular weight excluding hydrogens is 236 g/mol. The summed E-state index contributed by atoms with van der Waals surface area (Å²) in [7, 11) is 0. The Morgan fingerprint density at radius 1 is 1.22 bits per heavy atom. The van der Waals surface area contributed by atoms with Gasteiger partial charge in [-0.25, -0.2) is 9.59 Å². The lowest BCUT2D eigenvalue weighted by Gasteiger charge is -2.14. The first-order valence-electron chi connectivity index (χ1n) is 6.46. The number of ether oxygens (including phenoxy) is 1. The molecule has 0 aromatic heterocycles. The molecule has 0 aliphatic heterocycles. The van der Waals surface area contributed by atoms with Crippen molar-refractivity contribution in [3.8, 4) is 0 Å². The zero-order valence-electron chi connectivity index (χ0n) is 11.2. The van der Waals surface area contributed by atoms with E-state index in [0.717, 1.165) is 19.4 Å². The minimum Gasteiger partial charge on any atom is -0.480 e. The topological polar surface area (TPSA) is 87.7 Å². The maximum atomic E-state index is 11.4. The molecule has 0 heterocycles. The van der Waals surface area contributed by atoms with Crippen LogP contribution in [0.1, 0.15) is 39.5 Å². The Bertz CT molecular complexity index is 246. The van der Waals surface area contributed by atoms with Crippen molar-refractivity contribution in [2.45, 2.75) is 45.6 Å². The van der Waals surface area contributed by atoms with E-state index in [4.69, 9.17) is 9.84 Å². The van der Waals surface area contributed by atoms with E-state index < -0.39 is 18.0 Å². The molecule has 0 saturated heterocycles. The average Bonchev–Trinajstić information content (AvgIpc) is 2.33.